The van der Waals surface area contributed by atoms with Crippen molar-refractivity contribution in [2.24, 2.45) is 0 Å². The number of rotatable bonds is 4. The first-order valence-corrected chi connectivity index (χ1v) is 7.81. The van der Waals surface area contributed by atoms with Crippen LogP contribution in [0.15, 0.2) is 35.1 Å². The largest absolute Gasteiger partial charge is 0.467 e. The summed E-state index contributed by atoms with van der Waals surface area (Å²) in [6, 6.07) is 8.80. The molecule has 8 heteroatoms. The number of hydrogen-bond donors (Lipinski definition) is 1. The normalized spacial score (nSPS) is 12.2. The second-order valence-corrected chi connectivity index (χ2v) is 5.84. The zero-order valence-electron chi connectivity index (χ0n) is 14.5. The van der Waals surface area contributed by atoms with E-state index in [0.29, 0.717) is 11.5 Å². The lowest BCUT2D eigenvalue weighted by Crippen LogP contribution is -2.29. The number of hydrogen-bond acceptors (Lipinski definition) is 6. The van der Waals surface area contributed by atoms with Crippen molar-refractivity contribution in [3.8, 4) is 0 Å². The predicted molar refractivity (Wildman–Crippen MR) is 93.2 cm³/mol. The second-order valence-electron chi connectivity index (χ2n) is 5.84. The Balaban J connectivity index is 2.03. The Morgan fingerprint density at radius 2 is 1.92 bits per heavy atom. The van der Waals surface area contributed by atoms with E-state index in [0.717, 1.165) is 15.9 Å². The fourth-order valence-corrected chi connectivity index (χ4v) is 2.53. The molecule has 0 amide bonds. The summed E-state index contributed by atoms with van der Waals surface area (Å²) in [6.45, 7) is 5.35. The molecule has 3 rings (SSSR count). The molecular weight excluding hydrogens is 322 g/mol. The first kappa shape index (κ1) is 16.7. The molecule has 0 aliphatic carbocycles. The van der Waals surface area contributed by atoms with Crippen molar-refractivity contribution < 1.29 is 9.53 Å². The third-order valence-corrected chi connectivity index (χ3v) is 3.94. The highest BCUT2D eigenvalue weighted by Crippen LogP contribution is 2.17. The van der Waals surface area contributed by atoms with Crippen LogP contribution in [-0.4, -0.2) is 32.2 Å². The van der Waals surface area contributed by atoms with Crippen molar-refractivity contribution in [2.75, 3.05) is 12.4 Å². The maximum absolute atomic E-state index is 12.5. The smallest absolute Gasteiger partial charge is 0.352 e. The van der Waals surface area contributed by atoms with E-state index in [2.05, 4.69) is 20.1 Å². The third kappa shape index (κ3) is 3.10. The number of carbonyl (C=O) groups is 1. The molecule has 1 aromatic carbocycles. The number of methoxy groups -OCH3 is 1. The minimum atomic E-state index is -0.827. The van der Waals surface area contributed by atoms with E-state index in [4.69, 9.17) is 0 Å². The summed E-state index contributed by atoms with van der Waals surface area (Å²) in [5.41, 5.74) is 2.27. The van der Waals surface area contributed by atoms with Crippen molar-refractivity contribution in [3.63, 3.8) is 0 Å². The van der Waals surface area contributed by atoms with E-state index in [-0.39, 0.29) is 5.78 Å². The number of esters is 1. The molecule has 0 aliphatic heterocycles. The SMILES string of the molecule is COC(=O)C(C)n1nc2nc(Nc3ccc(C)cc3)cc(C)n2c1=O. The molecule has 8 nitrogen and oxygen atoms in total. The number of nitrogens with one attached hydrogen (secondary N) is 1. The van der Waals surface area contributed by atoms with E-state index in [9.17, 15) is 9.59 Å². The molecule has 3 aromatic rings. The molecule has 0 fully saturated rings. The maximum atomic E-state index is 12.5. The lowest BCUT2D eigenvalue weighted by molar-refractivity contribution is -0.144. The van der Waals surface area contributed by atoms with E-state index in [1.807, 2.05) is 31.2 Å². The van der Waals surface area contributed by atoms with Gasteiger partial charge < -0.3 is 10.1 Å². The Morgan fingerprint density at radius 3 is 2.56 bits per heavy atom. The Kier molecular flexibility index (Phi) is 4.26. The van der Waals surface area contributed by atoms with Crippen LogP contribution in [0.5, 0.6) is 0 Å². The van der Waals surface area contributed by atoms with Crippen molar-refractivity contribution in [1.82, 2.24) is 19.2 Å². The van der Waals surface area contributed by atoms with Crippen LogP contribution in [0.25, 0.3) is 5.78 Å². The van der Waals surface area contributed by atoms with E-state index < -0.39 is 17.7 Å². The van der Waals surface area contributed by atoms with Gasteiger partial charge in [0.2, 0.25) is 0 Å². The number of ether oxygens (including phenoxy) is 1. The quantitative estimate of drug-likeness (QED) is 0.730. The number of carbonyl (C=O) groups excluding carboxylic acids is 1. The second kappa shape index (κ2) is 6.39. The number of aryl methyl sites for hydroxylation is 2. The van der Waals surface area contributed by atoms with Crippen LogP contribution in [0.1, 0.15) is 24.2 Å². The van der Waals surface area contributed by atoms with Gasteiger partial charge in [-0.1, -0.05) is 17.7 Å². The van der Waals surface area contributed by atoms with Crippen LogP contribution in [0.2, 0.25) is 0 Å². The van der Waals surface area contributed by atoms with Gasteiger partial charge in [0.25, 0.3) is 5.78 Å². The van der Waals surface area contributed by atoms with Crippen molar-refractivity contribution in [3.05, 3.63) is 52.1 Å². The molecule has 25 heavy (non-hydrogen) atoms. The topological polar surface area (TPSA) is 90.5 Å². The van der Waals surface area contributed by atoms with Gasteiger partial charge in [-0.25, -0.2) is 14.0 Å². The van der Waals surface area contributed by atoms with Crippen LogP contribution in [-0.2, 0) is 9.53 Å². The van der Waals surface area contributed by atoms with Crippen LogP contribution in [0, 0.1) is 13.8 Å². The van der Waals surface area contributed by atoms with Gasteiger partial charge in [-0.2, -0.15) is 9.67 Å². The number of nitrogens with zero attached hydrogens (tertiary/aromatic N) is 4. The highest BCUT2D eigenvalue weighted by atomic mass is 16.5. The molecule has 0 saturated heterocycles. The highest BCUT2D eigenvalue weighted by molar-refractivity contribution is 5.73. The molecule has 2 aromatic heterocycles. The summed E-state index contributed by atoms with van der Waals surface area (Å²) < 4.78 is 7.12. The van der Waals surface area contributed by atoms with E-state index in [1.165, 1.54) is 11.5 Å². The zero-order chi connectivity index (χ0) is 18.1. The molecule has 1 N–H and O–H groups in total. The summed E-state index contributed by atoms with van der Waals surface area (Å²) in [5, 5.41) is 7.36. The molecule has 0 aliphatic rings. The first-order valence-electron chi connectivity index (χ1n) is 7.81. The van der Waals surface area contributed by atoms with Gasteiger partial charge >= 0.3 is 11.7 Å². The summed E-state index contributed by atoms with van der Waals surface area (Å²) in [4.78, 5) is 28.6. The van der Waals surface area contributed by atoms with Gasteiger partial charge in [0.1, 0.15) is 5.82 Å². The maximum Gasteiger partial charge on any atom is 0.352 e. The number of benzene rings is 1. The van der Waals surface area contributed by atoms with Gasteiger partial charge in [0, 0.05) is 17.4 Å². The summed E-state index contributed by atoms with van der Waals surface area (Å²) in [6.07, 6.45) is 0. The lowest BCUT2D eigenvalue weighted by Gasteiger charge is -2.07. The van der Waals surface area contributed by atoms with E-state index >= 15 is 0 Å². The van der Waals surface area contributed by atoms with Gasteiger partial charge in [-0.05, 0) is 32.9 Å². The minimum Gasteiger partial charge on any atom is -0.467 e. The Labute approximate surface area is 144 Å². The predicted octanol–water partition coefficient (Wildman–Crippen LogP) is 1.99. The summed E-state index contributed by atoms with van der Waals surface area (Å²) in [5.74, 6) is 0.244. The number of aromatic nitrogens is 4. The molecule has 0 spiro atoms. The molecular formula is C17H19N5O3. The molecule has 2 heterocycles. The summed E-state index contributed by atoms with van der Waals surface area (Å²) >= 11 is 0. The average molecular weight is 341 g/mol. The third-order valence-electron chi connectivity index (χ3n) is 3.94. The van der Waals surface area contributed by atoms with Crippen molar-refractivity contribution >= 4 is 23.3 Å². The van der Waals surface area contributed by atoms with Gasteiger partial charge in [0.15, 0.2) is 6.04 Å². The van der Waals surface area contributed by atoms with Crippen LogP contribution < -0.4 is 11.0 Å². The van der Waals surface area contributed by atoms with Gasteiger partial charge in [0.05, 0.1) is 7.11 Å². The zero-order valence-corrected chi connectivity index (χ0v) is 14.5. The van der Waals surface area contributed by atoms with Crippen LogP contribution in [0.3, 0.4) is 0 Å². The van der Waals surface area contributed by atoms with E-state index in [1.54, 1.807) is 19.9 Å². The highest BCUT2D eigenvalue weighted by Gasteiger charge is 2.22. The Morgan fingerprint density at radius 1 is 1.24 bits per heavy atom. The van der Waals surface area contributed by atoms with Crippen LogP contribution in [0.4, 0.5) is 11.5 Å². The molecule has 130 valence electrons. The van der Waals surface area contributed by atoms with Gasteiger partial charge in [-0.15, -0.1) is 5.10 Å². The fourth-order valence-electron chi connectivity index (χ4n) is 2.53. The Hall–Kier alpha value is -3.16. The first-order chi connectivity index (χ1) is 11.9. The standard InChI is InChI=1S/C17H19N5O3/c1-10-5-7-13(8-6-10)18-14-9-11(2)21-16(19-14)20-22(17(21)24)12(3)15(23)25-4/h5-9,12H,1-4H3,(H,18,19,20). The number of anilines is 2. The molecule has 0 radical (unpaired) electrons. The van der Waals surface area contributed by atoms with Crippen LogP contribution >= 0.6 is 0 Å². The molecule has 0 saturated carbocycles. The number of fused-ring (bicyclic) bond motifs is 1. The minimum absolute atomic E-state index is 0.218. The lowest BCUT2D eigenvalue weighted by atomic mass is 10.2. The summed E-state index contributed by atoms with van der Waals surface area (Å²) in [7, 11) is 1.27. The van der Waals surface area contributed by atoms with Crippen molar-refractivity contribution in [1.29, 1.82) is 0 Å². The fraction of sp³-hybridized carbons (Fsp3) is 0.294. The monoisotopic (exact) mass is 341 g/mol. The van der Waals surface area contributed by atoms with Crippen molar-refractivity contribution in [2.45, 2.75) is 26.8 Å². The van der Waals surface area contributed by atoms with Gasteiger partial charge in [-0.3, -0.25) is 0 Å². The molecule has 0 bridgehead atoms. The Bertz CT molecular complexity index is 988. The average Bonchev–Trinajstić information content (AvgIpc) is 2.92. The molecule has 1 atom stereocenters. The molecule has 1 unspecified atom stereocenters.